The second-order valence-corrected chi connectivity index (χ2v) is 7.08. The van der Waals surface area contributed by atoms with Crippen molar-refractivity contribution in [3.05, 3.63) is 65.7 Å². The van der Waals surface area contributed by atoms with E-state index >= 15 is 0 Å². The number of benzene rings is 2. The number of nitrogens with one attached hydrogen (secondary N) is 2. The summed E-state index contributed by atoms with van der Waals surface area (Å²) in [6.07, 6.45) is -0.546. The summed E-state index contributed by atoms with van der Waals surface area (Å²) in [4.78, 5) is 13.5. The maximum Gasteiger partial charge on any atom is 0.257 e. The lowest BCUT2D eigenvalue weighted by molar-refractivity contribution is -0.122. The molecule has 6 nitrogen and oxygen atoms in total. The van der Waals surface area contributed by atoms with Crippen LogP contribution < -0.4 is 15.4 Å². The van der Waals surface area contributed by atoms with Gasteiger partial charge in [0.15, 0.2) is 6.61 Å². The minimum Gasteiger partial charge on any atom is -0.483 e. The van der Waals surface area contributed by atoms with Crippen LogP contribution in [0.2, 0.25) is 0 Å². The molecule has 0 aliphatic heterocycles. The van der Waals surface area contributed by atoms with Crippen molar-refractivity contribution in [2.75, 3.05) is 40.8 Å². The number of carbonyl (C=O) groups is 1. The molecular formula is C22H31N3O3. The molecule has 2 aromatic rings. The molecule has 0 saturated heterocycles. The second kappa shape index (κ2) is 11.4. The molecule has 0 aliphatic carbocycles. The molecule has 0 aliphatic rings. The average Bonchev–Trinajstić information content (AvgIpc) is 2.71. The predicted molar refractivity (Wildman–Crippen MR) is 111 cm³/mol. The van der Waals surface area contributed by atoms with Crippen molar-refractivity contribution in [1.29, 1.82) is 0 Å². The summed E-state index contributed by atoms with van der Waals surface area (Å²) in [7, 11) is 5.60. The lowest BCUT2D eigenvalue weighted by atomic mass is 9.95. The first kappa shape index (κ1) is 21.9. The van der Waals surface area contributed by atoms with Crippen molar-refractivity contribution in [3.8, 4) is 5.75 Å². The molecule has 0 bridgehead atoms. The highest BCUT2D eigenvalue weighted by Crippen LogP contribution is 2.23. The fourth-order valence-electron chi connectivity index (χ4n) is 3.07. The Balaban J connectivity index is 1.97. The largest absolute Gasteiger partial charge is 0.483 e. The molecule has 2 aromatic carbocycles. The van der Waals surface area contributed by atoms with Gasteiger partial charge in [-0.1, -0.05) is 48.5 Å². The third-order valence-electron chi connectivity index (χ3n) is 4.52. The van der Waals surface area contributed by atoms with Gasteiger partial charge in [0.25, 0.3) is 5.91 Å². The highest BCUT2D eigenvalue weighted by atomic mass is 16.5. The number of carbonyl (C=O) groups excluding carboxylic acids is 1. The number of aliphatic hydroxyl groups is 1. The van der Waals surface area contributed by atoms with Crippen molar-refractivity contribution in [3.63, 3.8) is 0 Å². The molecule has 2 atom stereocenters. The number of para-hydroxylation sites is 1. The van der Waals surface area contributed by atoms with E-state index in [1.54, 1.807) is 7.05 Å². The Bertz CT molecular complexity index is 722. The first-order valence-corrected chi connectivity index (χ1v) is 9.51. The average molecular weight is 386 g/mol. The third-order valence-corrected chi connectivity index (χ3v) is 4.52. The van der Waals surface area contributed by atoms with Crippen molar-refractivity contribution in [2.24, 2.45) is 5.92 Å². The number of rotatable bonds is 11. The Morgan fingerprint density at radius 1 is 1.11 bits per heavy atom. The first-order chi connectivity index (χ1) is 13.5. The van der Waals surface area contributed by atoms with Gasteiger partial charge in [-0.3, -0.25) is 4.79 Å². The molecule has 28 heavy (non-hydrogen) atoms. The van der Waals surface area contributed by atoms with E-state index in [4.69, 9.17) is 4.74 Å². The summed E-state index contributed by atoms with van der Waals surface area (Å²) in [5, 5.41) is 16.8. The molecular weight excluding hydrogens is 354 g/mol. The summed E-state index contributed by atoms with van der Waals surface area (Å²) in [5.74, 6) is 0.558. The van der Waals surface area contributed by atoms with E-state index in [2.05, 4.69) is 15.5 Å². The van der Waals surface area contributed by atoms with Gasteiger partial charge in [0.2, 0.25) is 0 Å². The minimum atomic E-state index is -0.546. The van der Waals surface area contributed by atoms with Gasteiger partial charge in [-0.2, -0.15) is 0 Å². The molecule has 0 heterocycles. The second-order valence-electron chi connectivity index (χ2n) is 7.08. The SMILES string of the molecule is CNC(=O)COc1ccccc1CNC[C@@H](CN(C)C)[C@@H](O)c1ccccc1. The number of likely N-dealkylation sites (N-methyl/N-ethyl adjacent to an activating group) is 1. The minimum absolute atomic E-state index is 0.0104. The van der Waals surface area contributed by atoms with Gasteiger partial charge >= 0.3 is 0 Å². The molecule has 152 valence electrons. The molecule has 0 spiro atoms. The van der Waals surface area contributed by atoms with Gasteiger partial charge in [-0.05, 0) is 25.7 Å². The smallest absolute Gasteiger partial charge is 0.257 e. The molecule has 2 rings (SSSR count). The quantitative estimate of drug-likeness (QED) is 0.550. The zero-order valence-electron chi connectivity index (χ0n) is 16.9. The fourth-order valence-corrected chi connectivity index (χ4v) is 3.07. The van der Waals surface area contributed by atoms with E-state index in [-0.39, 0.29) is 18.4 Å². The summed E-state index contributed by atoms with van der Waals surface area (Å²) in [6, 6.07) is 17.4. The number of hydrogen-bond donors (Lipinski definition) is 3. The van der Waals surface area contributed by atoms with Crippen molar-refractivity contribution in [1.82, 2.24) is 15.5 Å². The summed E-state index contributed by atoms with van der Waals surface area (Å²) in [5.41, 5.74) is 1.90. The zero-order valence-corrected chi connectivity index (χ0v) is 16.9. The van der Waals surface area contributed by atoms with Crippen LogP contribution in [0.15, 0.2) is 54.6 Å². The lowest BCUT2D eigenvalue weighted by Crippen LogP contribution is -2.34. The van der Waals surface area contributed by atoms with Crippen LogP contribution in [-0.2, 0) is 11.3 Å². The first-order valence-electron chi connectivity index (χ1n) is 9.51. The number of nitrogens with zero attached hydrogens (tertiary/aromatic N) is 1. The van der Waals surface area contributed by atoms with E-state index in [0.29, 0.717) is 18.8 Å². The van der Waals surface area contributed by atoms with Gasteiger partial charge in [-0.25, -0.2) is 0 Å². The number of aliphatic hydroxyl groups excluding tert-OH is 1. The highest BCUT2D eigenvalue weighted by molar-refractivity contribution is 5.77. The molecule has 6 heteroatoms. The van der Waals surface area contributed by atoms with E-state index in [9.17, 15) is 9.90 Å². The maximum absolute atomic E-state index is 11.4. The lowest BCUT2D eigenvalue weighted by Gasteiger charge is -2.27. The van der Waals surface area contributed by atoms with Crippen molar-refractivity contribution < 1.29 is 14.6 Å². The van der Waals surface area contributed by atoms with E-state index < -0.39 is 6.10 Å². The molecule has 0 fully saturated rings. The number of hydrogen-bond acceptors (Lipinski definition) is 5. The molecule has 0 unspecified atom stereocenters. The summed E-state index contributed by atoms with van der Waals surface area (Å²) < 4.78 is 5.62. The van der Waals surface area contributed by atoms with Crippen LogP contribution >= 0.6 is 0 Å². The van der Waals surface area contributed by atoms with Gasteiger partial charge < -0.3 is 25.4 Å². The third kappa shape index (κ3) is 6.96. The van der Waals surface area contributed by atoms with Gasteiger partial charge in [-0.15, -0.1) is 0 Å². The molecule has 3 N–H and O–H groups in total. The van der Waals surface area contributed by atoms with Crippen LogP contribution in [-0.4, -0.2) is 56.8 Å². The van der Waals surface area contributed by atoms with Crippen LogP contribution in [0.5, 0.6) is 5.75 Å². The Labute approximate surface area is 167 Å². The van der Waals surface area contributed by atoms with E-state index in [1.807, 2.05) is 68.7 Å². The standard InChI is InChI=1S/C22H31N3O3/c1-23-21(26)16-28-20-12-8-7-11-18(20)13-24-14-19(15-25(2)3)22(27)17-9-5-4-6-10-17/h4-12,19,22,24,27H,13-16H2,1-3H3,(H,23,26)/t19-,22-/m0/s1. The van der Waals surface area contributed by atoms with Crippen LogP contribution in [0.1, 0.15) is 17.2 Å². The van der Waals surface area contributed by atoms with Crippen LogP contribution in [0.25, 0.3) is 0 Å². The predicted octanol–water partition coefficient (Wildman–Crippen LogP) is 1.81. The van der Waals surface area contributed by atoms with E-state index in [0.717, 1.165) is 17.7 Å². The molecule has 1 amide bonds. The molecule has 0 saturated carbocycles. The Morgan fingerprint density at radius 3 is 2.46 bits per heavy atom. The fraction of sp³-hybridized carbons (Fsp3) is 0.409. The Morgan fingerprint density at radius 2 is 1.79 bits per heavy atom. The number of amides is 1. The van der Waals surface area contributed by atoms with E-state index in [1.165, 1.54) is 0 Å². The van der Waals surface area contributed by atoms with Gasteiger partial charge in [0, 0.05) is 38.2 Å². The summed E-state index contributed by atoms with van der Waals surface area (Å²) in [6.45, 7) is 1.99. The highest BCUT2D eigenvalue weighted by Gasteiger charge is 2.21. The van der Waals surface area contributed by atoms with Crippen LogP contribution in [0.4, 0.5) is 0 Å². The molecule has 0 aromatic heterocycles. The molecule has 0 radical (unpaired) electrons. The summed E-state index contributed by atoms with van der Waals surface area (Å²) >= 11 is 0. The topological polar surface area (TPSA) is 73.8 Å². The van der Waals surface area contributed by atoms with Crippen LogP contribution in [0, 0.1) is 5.92 Å². The maximum atomic E-state index is 11.4. The van der Waals surface area contributed by atoms with Crippen molar-refractivity contribution >= 4 is 5.91 Å². The Kier molecular flexibility index (Phi) is 8.94. The normalized spacial score (nSPS) is 13.2. The zero-order chi connectivity index (χ0) is 20.4. The number of ether oxygens (including phenoxy) is 1. The Hall–Kier alpha value is -2.41. The monoisotopic (exact) mass is 385 g/mol. The van der Waals surface area contributed by atoms with Gasteiger partial charge in [0.1, 0.15) is 5.75 Å². The van der Waals surface area contributed by atoms with Crippen LogP contribution in [0.3, 0.4) is 0 Å². The van der Waals surface area contributed by atoms with Crippen molar-refractivity contribution in [2.45, 2.75) is 12.6 Å². The van der Waals surface area contributed by atoms with Gasteiger partial charge in [0.05, 0.1) is 6.10 Å².